The van der Waals surface area contributed by atoms with Gasteiger partial charge in [-0.05, 0) is 17.7 Å². The molecule has 0 aliphatic rings. The highest BCUT2D eigenvalue weighted by molar-refractivity contribution is 6.30. The van der Waals surface area contributed by atoms with Gasteiger partial charge in [-0.15, -0.1) is 0 Å². The molecule has 1 rings (SSSR count). The lowest BCUT2D eigenvalue weighted by molar-refractivity contribution is -0.347. The number of hydrogen-bond acceptors (Lipinski definition) is 1. The van der Waals surface area contributed by atoms with E-state index < -0.39 is 30.5 Å². The summed E-state index contributed by atoms with van der Waals surface area (Å²) in [4.78, 5) is 0. The molecule has 1 N–H and O–H groups in total. The lowest BCUT2D eigenvalue weighted by Crippen LogP contribution is -2.54. The Bertz CT molecular complexity index is 455. The third-order valence-corrected chi connectivity index (χ3v) is 2.84. The van der Waals surface area contributed by atoms with Crippen molar-refractivity contribution in [2.24, 2.45) is 0 Å². The van der Waals surface area contributed by atoms with Crippen molar-refractivity contribution in [3.63, 3.8) is 0 Å². The number of alkyl halides is 7. The van der Waals surface area contributed by atoms with Gasteiger partial charge >= 0.3 is 18.0 Å². The third-order valence-electron chi connectivity index (χ3n) is 2.61. The average molecular weight is 325 g/mol. The summed E-state index contributed by atoms with van der Waals surface area (Å²) in [7, 11) is 0. The largest absolute Gasteiger partial charge is 0.431 e. The van der Waals surface area contributed by atoms with Crippen molar-refractivity contribution < 1.29 is 35.8 Å². The summed E-state index contributed by atoms with van der Waals surface area (Å²) in [5, 5.41) is 9.40. The zero-order valence-corrected chi connectivity index (χ0v) is 10.3. The van der Waals surface area contributed by atoms with Crippen LogP contribution in [0.4, 0.5) is 30.7 Å². The van der Waals surface area contributed by atoms with Gasteiger partial charge in [0.05, 0.1) is 6.10 Å². The second-order valence-corrected chi connectivity index (χ2v) is 4.51. The first-order chi connectivity index (χ1) is 8.88. The minimum Gasteiger partial charge on any atom is -0.388 e. The quantitative estimate of drug-likeness (QED) is 0.806. The molecule has 0 fully saturated rings. The smallest absolute Gasteiger partial charge is 0.388 e. The summed E-state index contributed by atoms with van der Waals surface area (Å²) in [5.41, 5.74) is -5.84. The van der Waals surface area contributed by atoms with Gasteiger partial charge in [0.15, 0.2) is 0 Å². The fraction of sp³-hybridized carbons (Fsp3) is 0.455. The Morgan fingerprint density at radius 1 is 1.00 bits per heavy atom. The minimum absolute atomic E-state index is 0.00924. The third kappa shape index (κ3) is 3.35. The monoisotopic (exact) mass is 324 g/mol. The lowest BCUT2D eigenvalue weighted by Gasteiger charge is -2.31. The Hall–Kier alpha value is -1.02. The molecule has 1 aromatic rings. The van der Waals surface area contributed by atoms with E-state index in [-0.39, 0.29) is 10.6 Å². The van der Waals surface area contributed by atoms with E-state index in [2.05, 4.69) is 0 Å². The van der Waals surface area contributed by atoms with E-state index in [1.165, 1.54) is 12.1 Å². The molecule has 1 nitrogen and oxygen atoms in total. The van der Waals surface area contributed by atoms with Crippen molar-refractivity contribution in [1.82, 2.24) is 0 Å². The standard InChI is InChI=1S/C11H8ClF7O/c12-7-3-1-2-6(4-7)8(20)5-9(13,10(14,15)16)11(17,18)19/h1-4,8,20H,5H2. The molecule has 1 unspecified atom stereocenters. The van der Waals surface area contributed by atoms with Crippen LogP contribution in [0, 0.1) is 0 Å². The first-order valence-electron chi connectivity index (χ1n) is 5.14. The topological polar surface area (TPSA) is 20.2 Å². The molecule has 0 amide bonds. The normalized spacial score (nSPS) is 15.2. The number of aliphatic hydroxyl groups is 1. The molecule has 0 saturated heterocycles. The molecule has 0 aromatic heterocycles. The summed E-state index contributed by atoms with van der Waals surface area (Å²) in [6, 6.07) is 4.51. The van der Waals surface area contributed by atoms with Gasteiger partial charge < -0.3 is 5.11 Å². The van der Waals surface area contributed by atoms with Crippen LogP contribution in [0.25, 0.3) is 0 Å². The Morgan fingerprint density at radius 3 is 1.90 bits per heavy atom. The number of aliphatic hydroxyl groups excluding tert-OH is 1. The van der Waals surface area contributed by atoms with Gasteiger partial charge in [-0.3, -0.25) is 0 Å². The first-order valence-corrected chi connectivity index (χ1v) is 5.52. The van der Waals surface area contributed by atoms with Crippen molar-refractivity contribution in [2.45, 2.75) is 30.5 Å². The van der Waals surface area contributed by atoms with Gasteiger partial charge in [-0.1, -0.05) is 23.7 Å². The maximum absolute atomic E-state index is 13.4. The summed E-state index contributed by atoms with van der Waals surface area (Å²) in [5.74, 6) is 0. The van der Waals surface area contributed by atoms with Crippen molar-refractivity contribution in [3.8, 4) is 0 Å². The Morgan fingerprint density at radius 2 is 1.50 bits per heavy atom. The van der Waals surface area contributed by atoms with Crippen molar-refractivity contribution in [3.05, 3.63) is 34.9 Å². The van der Waals surface area contributed by atoms with Gasteiger partial charge in [0.25, 0.3) is 0 Å². The average Bonchev–Trinajstić information content (AvgIpc) is 2.25. The van der Waals surface area contributed by atoms with Crippen molar-refractivity contribution in [1.29, 1.82) is 0 Å². The fourth-order valence-electron chi connectivity index (χ4n) is 1.49. The van der Waals surface area contributed by atoms with E-state index in [9.17, 15) is 35.8 Å². The second-order valence-electron chi connectivity index (χ2n) is 4.07. The predicted octanol–water partition coefficient (Wildman–Crippen LogP) is 4.60. The maximum Gasteiger partial charge on any atom is 0.431 e. The zero-order valence-electron chi connectivity index (χ0n) is 9.56. The highest BCUT2D eigenvalue weighted by atomic mass is 35.5. The molecule has 0 spiro atoms. The van der Waals surface area contributed by atoms with Gasteiger partial charge in [0.1, 0.15) is 0 Å². The van der Waals surface area contributed by atoms with Crippen LogP contribution < -0.4 is 0 Å². The molecule has 9 heteroatoms. The summed E-state index contributed by atoms with van der Waals surface area (Å²) in [6.07, 6.45) is -16.9. The van der Waals surface area contributed by atoms with Crippen LogP contribution in [0.1, 0.15) is 18.1 Å². The molecule has 0 heterocycles. The Balaban J connectivity index is 3.09. The molecule has 0 aliphatic carbocycles. The predicted molar refractivity (Wildman–Crippen MR) is 57.0 cm³/mol. The van der Waals surface area contributed by atoms with Crippen LogP contribution in [0.2, 0.25) is 5.02 Å². The SMILES string of the molecule is OC(CC(F)(C(F)(F)F)C(F)(F)F)c1cccc(Cl)c1. The fourth-order valence-corrected chi connectivity index (χ4v) is 1.69. The van der Waals surface area contributed by atoms with Crippen LogP contribution in [-0.4, -0.2) is 23.1 Å². The Kier molecular flexibility index (Phi) is 4.60. The summed E-state index contributed by atoms with van der Waals surface area (Å²) < 4.78 is 87.3. The minimum atomic E-state index is -6.19. The molecule has 0 saturated carbocycles. The van der Waals surface area contributed by atoms with E-state index in [1.807, 2.05) is 0 Å². The summed E-state index contributed by atoms with van der Waals surface area (Å²) in [6.45, 7) is 0. The maximum atomic E-state index is 13.4. The molecular formula is C11H8ClF7O. The number of rotatable bonds is 3. The molecule has 1 aromatic carbocycles. The number of benzene rings is 1. The first kappa shape index (κ1) is 17.0. The highest BCUT2D eigenvalue weighted by Gasteiger charge is 2.72. The van der Waals surface area contributed by atoms with E-state index in [0.717, 1.165) is 12.1 Å². The molecule has 1 atom stereocenters. The van der Waals surface area contributed by atoms with Crippen LogP contribution in [0.3, 0.4) is 0 Å². The lowest BCUT2D eigenvalue weighted by atomic mass is 9.93. The van der Waals surface area contributed by atoms with Crippen LogP contribution >= 0.6 is 11.6 Å². The van der Waals surface area contributed by atoms with E-state index >= 15 is 0 Å². The Labute approximate surface area is 114 Å². The summed E-state index contributed by atoms with van der Waals surface area (Å²) >= 11 is 5.49. The van der Waals surface area contributed by atoms with Gasteiger partial charge in [0.2, 0.25) is 0 Å². The van der Waals surface area contributed by atoms with Crippen molar-refractivity contribution >= 4 is 11.6 Å². The molecule has 20 heavy (non-hydrogen) atoms. The van der Waals surface area contributed by atoms with Gasteiger partial charge in [-0.2, -0.15) is 26.3 Å². The van der Waals surface area contributed by atoms with Crippen LogP contribution in [-0.2, 0) is 0 Å². The van der Waals surface area contributed by atoms with E-state index in [4.69, 9.17) is 11.6 Å². The number of hydrogen-bond donors (Lipinski definition) is 1. The molecular weight excluding hydrogens is 317 g/mol. The number of halogens is 8. The van der Waals surface area contributed by atoms with Gasteiger partial charge in [-0.25, -0.2) is 4.39 Å². The van der Waals surface area contributed by atoms with Gasteiger partial charge in [0, 0.05) is 11.4 Å². The zero-order chi connectivity index (χ0) is 15.8. The highest BCUT2D eigenvalue weighted by Crippen LogP contribution is 2.50. The van der Waals surface area contributed by atoms with E-state index in [0.29, 0.717) is 0 Å². The molecule has 114 valence electrons. The van der Waals surface area contributed by atoms with Crippen LogP contribution in [0.5, 0.6) is 0 Å². The molecule has 0 bridgehead atoms. The van der Waals surface area contributed by atoms with E-state index in [1.54, 1.807) is 0 Å². The molecule has 0 radical (unpaired) electrons. The van der Waals surface area contributed by atoms with Crippen LogP contribution in [0.15, 0.2) is 24.3 Å². The van der Waals surface area contributed by atoms with Crippen molar-refractivity contribution in [2.75, 3.05) is 0 Å². The molecule has 0 aliphatic heterocycles. The second kappa shape index (κ2) is 5.40.